The minimum atomic E-state index is -0.670. The van der Waals surface area contributed by atoms with Crippen molar-refractivity contribution >= 4 is 22.8 Å². The van der Waals surface area contributed by atoms with Crippen LogP contribution in [0.15, 0.2) is 30.3 Å². The number of aromatic amines is 1. The van der Waals surface area contributed by atoms with E-state index in [1.807, 2.05) is 12.1 Å². The summed E-state index contributed by atoms with van der Waals surface area (Å²) >= 11 is 0. The summed E-state index contributed by atoms with van der Waals surface area (Å²) in [5, 5.41) is 1.21. The largest absolute Gasteiger partial charge is 0.497 e. The zero-order valence-electron chi connectivity index (χ0n) is 27.4. The van der Waals surface area contributed by atoms with Crippen molar-refractivity contribution in [2.45, 2.75) is 37.5 Å². The molecule has 6 atom stereocenters. The van der Waals surface area contributed by atoms with E-state index in [2.05, 4.69) is 16.0 Å². The van der Waals surface area contributed by atoms with Crippen molar-refractivity contribution in [3.63, 3.8) is 0 Å². The molecule has 0 amide bonds. The predicted octanol–water partition coefficient (Wildman–Crippen LogP) is 4.50. The minimum absolute atomic E-state index is 0. The molecule has 1 aliphatic carbocycles. The molecule has 1 saturated carbocycles. The van der Waals surface area contributed by atoms with Crippen molar-refractivity contribution in [2.24, 2.45) is 17.8 Å². The molecule has 6 rings (SSSR count). The van der Waals surface area contributed by atoms with Crippen LogP contribution < -0.4 is 31.2 Å². The number of hydrogen-bond donors (Lipinski definition) is 3. The quantitative estimate of drug-likeness (QED) is 0.293. The molecule has 0 radical (unpaired) electrons. The van der Waals surface area contributed by atoms with Gasteiger partial charge in [-0.15, -0.1) is 0 Å². The Morgan fingerprint density at radius 2 is 1.61 bits per heavy atom. The Hall–Kier alpha value is -4.04. The summed E-state index contributed by atoms with van der Waals surface area (Å²) in [7, 11) is 9.10. The Morgan fingerprint density at radius 1 is 0.891 bits per heavy atom. The molecule has 13 heteroatoms. The van der Waals surface area contributed by atoms with Crippen LogP contribution >= 0.6 is 0 Å². The topological polar surface area (TPSA) is 188 Å². The van der Waals surface area contributed by atoms with Crippen LogP contribution in [-0.4, -0.2) is 89.8 Å². The summed E-state index contributed by atoms with van der Waals surface area (Å²) in [5.41, 5.74) is 3.83. The Labute approximate surface area is 268 Å². The molecular formula is C33H46N4O9. The number of esters is 2. The normalized spacial score (nSPS) is 25.0. The van der Waals surface area contributed by atoms with E-state index in [4.69, 9.17) is 33.2 Å². The molecular weight excluding hydrogens is 596 g/mol. The number of aromatic nitrogens is 1. The van der Waals surface area contributed by atoms with E-state index in [0.717, 1.165) is 37.2 Å². The second-order valence-corrected chi connectivity index (χ2v) is 11.7. The Balaban J connectivity index is 0.00000240. The minimum Gasteiger partial charge on any atom is -0.497 e. The average molecular weight is 643 g/mol. The van der Waals surface area contributed by atoms with E-state index in [-0.39, 0.29) is 41.7 Å². The van der Waals surface area contributed by atoms with Gasteiger partial charge in [0.2, 0.25) is 5.75 Å². The summed E-state index contributed by atoms with van der Waals surface area (Å²) in [6.07, 6.45) is 0.920. The predicted molar refractivity (Wildman–Crippen MR) is 171 cm³/mol. The molecule has 3 aromatic rings. The van der Waals surface area contributed by atoms with Crippen LogP contribution in [0.2, 0.25) is 0 Å². The number of carbonyl (C=O) groups is 2. The number of fused-ring (bicyclic) bond motifs is 6. The van der Waals surface area contributed by atoms with Gasteiger partial charge in [0.1, 0.15) is 18.0 Å². The first-order valence-electron chi connectivity index (χ1n) is 14.9. The van der Waals surface area contributed by atoms with Gasteiger partial charge in [-0.3, -0.25) is 9.69 Å². The second kappa shape index (κ2) is 14.2. The highest BCUT2D eigenvalue weighted by Crippen LogP contribution is 2.51. The van der Waals surface area contributed by atoms with Gasteiger partial charge in [0.25, 0.3) is 0 Å². The average Bonchev–Trinajstić information content (AvgIpc) is 3.43. The molecule has 252 valence electrons. The zero-order valence-corrected chi connectivity index (χ0v) is 27.4. The van der Waals surface area contributed by atoms with Crippen molar-refractivity contribution in [1.82, 2.24) is 22.2 Å². The third-order valence-corrected chi connectivity index (χ3v) is 9.76. The van der Waals surface area contributed by atoms with Crippen LogP contribution in [-0.2, 0) is 25.4 Å². The second-order valence-electron chi connectivity index (χ2n) is 11.7. The summed E-state index contributed by atoms with van der Waals surface area (Å²) in [6.45, 7) is 1.68. The molecule has 1 saturated heterocycles. The number of H-pyrrole nitrogens is 1. The van der Waals surface area contributed by atoms with Crippen molar-refractivity contribution in [3.8, 4) is 23.0 Å². The van der Waals surface area contributed by atoms with Crippen molar-refractivity contribution in [3.05, 3.63) is 47.2 Å². The maximum Gasteiger partial charge on any atom is 0.338 e. The molecule has 46 heavy (non-hydrogen) atoms. The number of carbonyl (C=O) groups excluding carboxylic acids is 2. The van der Waals surface area contributed by atoms with Gasteiger partial charge in [0.05, 0.1) is 53.1 Å². The first-order chi connectivity index (χ1) is 21.3. The third-order valence-electron chi connectivity index (χ3n) is 9.76. The number of hydrogen-bond acceptors (Lipinski definition) is 12. The molecule has 3 aliphatic rings. The van der Waals surface area contributed by atoms with Crippen molar-refractivity contribution < 1.29 is 42.7 Å². The number of rotatable bonds is 8. The van der Waals surface area contributed by atoms with Gasteiger partial charge in [-0.05, 0) is 60.9 Å². The fourth-order valence-electron chi connectivity index (χ4n) is 7.76. The van der Waals surface area contributed by atoms with E-state index < -0.39 is 24.1 Å². The number of nitrogens with zero attached hydrogens (tertiary/aromatic N) is 1. The summed E-state index contributed by atoms with van der Waals surface area (Å²) < 4.78 is 39.1. The zero-order chi connectivity index (χ0) is 31.1. The van der Waals surface area contributed by atoms with Crippen LogP contribution in [0.4, 0.5) is 0 Å². The fraction of sp³-hybridized carbons (Fsp3) is 0.515. The van der Waals surface area contributed by atoms with Crippen LogP contribution in [0.1, 0.15) is 40.5 Å². The van der Waals surface area contributed by atoms with Gasteiger partial charge in [-0.1, -0.05) is 0 Å². The summed E-state index contributed by atoms with van der Waals surface area (Å²) in [5.74, 6) is 0.441. The van der Waals surface area contributed by atoms with Crippen molar-refractivity contribution in [2.75, 3.05) is 55.7 Å². The summed E-state index contributed by atoms with van der Waals surface area (Å²) in [4.78, 5) is 33.1. The lowest BCUT2D eigenvalue weighted by molar-refractivity contribution is -0.176. The smallest absolute Gasteiger partial charge is 0.338 e. The van der Waals surface area contributed by atoms with E-state index in [1.54, 1.807) is 26.4 Å². The monoisotopic (exact) mass is 642 g/mol. The van der Waals surface area contributed by atoms with E-state index >= 15 is 0 Å². The fourth-order valence-corrected chi connectivity index (χ4v) is 7.76. The van der Waals surface area contributed by atoms with E-state index in [1.165, 1.54) is 45.1 Å². The van der Waals surface area contributed by atoms with E-state index in [0.29, 0.717) is 23.7 Å². The highest BCUT2D eigenvalue weighted by Gasteiger charge is 2.54. The highest BCUT2D eigenvalue weighted by molar-refractivity contribution is 5.91. The SMILES string of the molecule is COC(=O)[C@H]1[C@H]2C[C@@H]3c4[nH]c5cc(OC)ccc5c4CCN3C[C@H]2C[C@@H](OC(=O)c2cc(OC)c(OC)c(OC)c2)[C@@H]1OC.N.N. The Kier molecular flexibility index (Phi) is 10.7. The molecule has 2 aromatic carbocycles. The number of nitrogens with one attached hydrogen (secondary N) is 1. The Morgan fingerprint density at radius 3 is 2.22 bits per heavy atom. The standard InChI is InChI=1S/C33H40N2O9.2H3N/c1-38-19-7-8-20-21-9-10-35-16-18-13-27(44-32(36)17-11-25(39-2)30(41-4)26(12-17)40-3)31(42-5)28(33(37)43-6)22(18)15-24(35)29(21)34-23(20)14-19;;/h7-8,11-12,14,18,22,24,27-28,31,34H,9-10,13,15-16H2,1-6H3;2*1H3/t18-,22+,24-,27-,28+,31+;;/m1../s1. The first kappa shape index (κ1) is 34.8. The number of piperidine rings is 1. The van der Waals surface area contributed by atoms with E-state index in [9.17, 15) is 9.59 Å². The van der Waals surface area contributed by atoms with Gasteiger partial charge in [0.15, 0.2) is 11.5 Å². The van der Waals surface area contributed by atoms with Crippen LogP contribution in [0.25, 0.3) is 10.9 Å². The van der Waals surface area contributed by atoms with Gasteiger partial charge in [-0.2, -0.15) is 0 Å². The first-order valence-corrected chi connectivity index (χ1v) is 14.9. The molecule has 0 spiro atoms. The molecule has 1 aromatic heterocycles. The van der Waals surface area contributed by atoms with Gasteiger partial charge in [0, 0.05) is 42.9 Å². The molecule has 2 aliphatic heterocycles. The number of ether oxygens (including phenoxy) is 7. The van der Waals surface area contributed by atoms with Crippen LogP contribution in [0.5, 0.6) is 23.0 Å². The highest BCUT2D eigenvalue weighted by atomic mass is 16.6. The molecule has 7 N–H and O–H groups in total. The Bertz CT molecular complexity index is 1530. The molecule has 3 heterocycles. The maximum absolute atomic E-state index is 13.5. The van der Waals surface area contributed by atoms with Gasteiger partial charge in [-0.25, -0.2) is 4.79 Å². The molecule has 0 unspecified atom stereocenters. The third kappa shape index (κ3) is 5.83. The lowest BCUT2D eigenvalue weighted by Crippen LogP contribution is -2.58. The molecule has 13 nitrogen and oxygen atoms in total. The molecule has 2 fully saturated rings. The van der Waals surface area contributed by atoms with Crippen LogP contribution in [0.3, 0.4) is 0 Å². The van der Waals surface area contributed by atoms with Gasteiger partial charge >= 0.3 is 11.9 Å². The lowest BCUT2D eigenvalue weighted by Gasteiger charge is -2.52. The van der Waals surface area contributed by atoms with Crippen molar-refractivity contribution in [1.29, 1.82) is 0 Å². The summed E-state index contributed by atoms with van der Waals surface area (Å²) in [6, 6.07) is 9.40. The number of benzene rings is 2. The maximum atomic E-state index is 13.5. The molecule has 0 bridgehead atoms. The lowest BCUT2D eigenvalue weighted by atomic mass is 9.63. The van der Waals surface area contributed by atoms with Gasteiger partial charge < -0.3 is 50.4 Å². The van der Waals surface area contributed by atoms with Crippen LogP contribution in [0, 0.1) is 17.8 Å². The number of methoxy groups -OCH3 is 6.